The molecule has 2 aliphatic carbocycles. The highest BCUT2D eigenvalue weighted by atomic mass is 28.4. The molecule has 1 N–H and O–H groups in total. The van der Waals surface area contributed by atoms with E-state index in [1.54, 1.807) is 24.3 Å². The number of nitrogens with one attached hydrogen (secondary N) is 1. The van der Waals surface area contributed by atoms with Gasteiger partial charge in [-0.05, 0) is 85.0 Å². The van der Waals surface area contributed by atoms with E-state index in [0.29, 0.717) is 23.9 Å². The van der Waals surface area contributed by atoms with Crippen molar-refractivity contribution < 1.29 is 23.5 Å². The van der Waals surface area contributed by atoms with Gasteiger partial charge in [0, 0.05) is 23.6 Å². The van der Waals surface area contributed by atoms with Gasteiger partial charge in [0.15, 0.2) is 8.32 Å². The number of hydrogen-bond donors (Lipinski definition) is 1. The Morgan fingerprint density at radius 1 is 1.15 bits per heavy atom. The maximum Gasteiger partial charge on any atom is 0.411 e. The number of fused-ring (bicyclic) bond motifs is 1. The third kappa shape index (κ3) is 7.72. The Labute approximate surface area is 247 Å². The quantitative estimate of drug-likeness (QED) is 0.203. The van der Waals surface area contributed by atoms with Crippen LogP contribution in [0.25, 0.3) is 0 Å². The number of anilines is 1. The molecule has 0 unspecified atom stereocenters. The van der Waals surface area contributed by atoms with Crippen LogP contribution in [0.4, 0.5) is 10.5 Å². The van der Waals surface area contributed by atoms with Gasteiger partial charge in [0.2, 0.25) is 0 Å². The largest absolute Gasteiger partial charge is 0.462 e. The topological polar surface area (TPSA) is 73.9 Å². The fraction of sp³-hybridized carbons (Fsp3) is 0.588. The molecule has 41 heavy (non-hydrogen) atoms. The zero-order valence-corrected chi connectivity index (χ0v) is 26.7. The minimum absolute atomic E-state index is 0.0843. The lowest BCUT2D eigenvalue weighted by Gasteiger charge is -2.44. The van der Waals surface area contributed by atoms with Gasteiger partial charge in [0.05, 0.1) is 12.5 Å². The normalized spacial score (nSPS) is 30.0. The summed E-state index contributed by atoms with van der Waals surface area (Å²) in [5.41, 5.74) is 2.64. The number of carbonyl (C=O) groups excluding carboxylic acids is 2. The molecule has 1 amide bonds. The molecule has 7 atom stereocenters. The first-order valence-electron chi connectivity index (χ1n) is 15.1. The van der Waals surface area contributed by atoms with E-state index in [9.17, 15) is 9.59 Å². The molecular formula is C34H47NO5Si. The first-order chi connectivity index (χ1) is 19.3. The monoisotopic (exact) mass is 577 g/mol. The van der Waals surface area contributed by atoms with Crippen LogP contribution < -0.4 is 5.32 Å². The molecule has 1 heterocycles. The Balaban J connectivity index is 1.43. The highest BCUT2D eigenvalue weighted by Gasteiger charge is 2.44. The van der Waals surface area contributed by atoms with Crippen LogP contribution in [0.2, 0.25) is 18.1 Å². The van der Waals surface area contributed by atoms with Gasteiger partial charge in [-0.1, -0.05) is 58.8 Å². The van der Waals surface area contributed by atoms with Crippen molar-refractivity contribution in [3.05, 3.63) is 53.6 Å². The Hall–Kier alpha value is -2.82. The summed E-state index contributed by atoms with van der Waals surface area (Å²) in [6.45, 7) is 15.5. The number of hydrogen-bond acceptors (Lipinski definition) is 5. The van der Waals surface area contributed by atoms with Gasteiger partial charge in [-0.25, -0.2) is 4.79 Å². The molecule has 1 aliphatic heterocycles. The highest BCUT2D eigenvalue weighted by molar-refractivity contribution is 6.74. The number of allylic oxidation sites excluding steroid dienone is 3. The van der Waals surface area contributed by atoms with Crippen molar-refractivity contribution in [1.82, 2.24) is 0 Å². The molecule has 1 aromatic carbocycles. The molecular weight excluding hydrogens is 530 g/mol. The third-order valence-corrected chi connectivity index (χ3v) is 14.0. The van der Waals surface area contributed by atoms with Crippen molar-refractivity contribution in [2.75, 3.05) is 5.32 Å². The molecule has 222 valence electrons. The number of amides is 1. The minimum atomic E-state index is -1.99. The van der Waals surface area contributed by atoms with Crippen molar-refractivity contribution in [2.24, 2.45) is 23.7 Å². The fourth-order valence-corrected chi connectivity index (χ4v) is 7.61. The van der Waals surface area contributed by atoms with E-state index in [4.69, 9.17) is 20.3 Å². The first kappa shape index (κ1) is 31.1. The van der Waals surface area contributed by atoms with Crippen LogP contribution in [-0.4, -0.2) is 38.7 Å². The molecule has 0 radical (unpaired) electrons. The summed E-state index contributed by atoms with van der Waals surface area (Å²) < 4.78 is 18.6. The molecule has 6 nitrogen and oxygen atoms in total. The lowest BCUT2D eigenvalue weighted by Crippen LogP contribution is -2.47. The first-order valence-corrected chi connectivity index (χ1v) is 18.0. The standard InChI is InChI=1S/C34H47NO5Si/c1-9-24-11-14-26(15-12-24)35-33(37)39-30-19-22(2)18-25-13-10-23(3)29(32(25)30)17-16-27-20-28(21-31(36)38-27)40-41(7,8)34(4,5)6/h1,10-15,18,22-23,27-30,32H,16-17,19-21H2,2-8H3,(H,35,37)/t22-,23-,27+,28+,29-,30+,32-/m0/s1. The van der Waals surface area contributed by atoms with Gasteiger partial charge < -0.3 is 13.9 Å². The summed E-state index contributed by atoms with van der Waals surface area (Å²) in [4.78, 5) is 25.6. The van der Waals surface area contributed by atoms with E-state index < -0.39 is 14.4 Å². The van der Waals surface area contributed by atoms with Crippen molar-refractivity contribution in [3.8, 4) is 12.3 Å². The lowest BCUT2D eigenvalue weighted by atomic mass is 9.65. The van der Waals surface area contributed by atoms with Crippen molar-refractivity contribution >= 4 is 26.1 Å². The summed E-state index contributed by atoms with van der Waals surface area (Å²) >= 11 is 0. The molecule has 1 saturated heterocycles. The molecule has 1 fully saturated rings. The molecule has 3 aliphatic rings. The average Bonchev–Trinajstić information content (AvgIpc) is 2.87. The van der Waals surface area contributed by atoms with Crippen molar-refractivity contribution in [2.45, 2.75) is 103 Å². The molecule has 0 aromatic heterocycles. The second-order valence-electron chi connectivity index (χ2n) is 13.7. The van der Waals surface area contributed by atoms with E-state index in [1.807, 2.05) is 0 Å². The van der Waals surface area contributed by atoms with Gasteiger partial charge in [-0.3, -0.25) is 10.1 Å². The summed E-state index contributed by atoms with van der Waals surface area (Å²) in [6, 6.07) is 7.16. The van der Waals surface area contributed by atoms with Crippen LogP contribution in [-0.2, 0) is 18.7 Å². The number of terminal acetylenes is 1. The van der Waals surface area contributed by atoms with Gasteiger partial charge >= 0.3 is 12.1 Å². The van der Waals surface area contributed by atoms with E-state index in [-0.39, 0.29) is 41.2 Å². The number of ether oxygens (including phenoxy) is 2. The summed E-state index contributed by atoms with van der Waals surface area (Å²) in [7, 11) is -1.99. The molecule has 4 rings (SSSR count). The molecule has 0 spiro atoms. The van der Waals surface area contributed by atoms with Crippen molar-refractivity contribution in [3.63, 3.8) is 0 Å². The van der Waals surface area contributed by atoms with E-state index in [0.717, 1.165) is 31.2 Å². The third-order valence-electron chi connectivity index (χ3n) is 9.46. The second-order valence-corrected chi connectivity index (χ2v) is 18.5. The predicted octanol–water partition coefficient (Wildman–Crippen LogP) is 7.87. The van der Waals surface area contributed by atoms with Gasteiger partial charge in [-0.15, -0.1) is 6.42 Å². The van der Waals surface area contributed by atoms with Gasteiger partial charge in [-0.2, -0.15) is 0 Å². The summed E-state index contributed by atoms with van der Waals surface area (Å²) in [6.07, 6.45) is 14.8. The number of cyclic esters (lactones) is 1. The van der Waals surface area contributed by atoms with E-state index in [1.165, 1.54) is 5.57 Å². The van der Waals surface area contributed by atoms with Gasteiger partial charge in [0.1, 0.15) is 12.2 Å². The zero-order chi connectivity index (χ0) is 29.9. The van der Waals surface area contributed by atoms with Crippen LogP contribution in [0.5, 0.6) is 0 Å². The average molecular weight is 578 g/mol. The van der Waals surface area contributed by atoms with E-state index >= 15 is 0 Å². The van der Waals surface area contributed by atoms with Crippen LogP contribution >= 0.6 is 0 Å². The Morgan fingerprint density at radius 2 is 1.85 bits per heavy atom. The number of rotatable bonds is 7. The summed E-state index contributed by atoms with van der Waals surface area (Å²) in [5, 5.41) is 2.95. The molecule has 1 aromatic rings. The van der Waals surface area contributed by atoms with Crippen LogP contribution in [0.15, 0.2) is 48.1 Å². The molecule has 0 bridgehead atoms. The molecule has 0 saturated carbocycles. The van der Waals surface area contributed by atoms with Crippen molar-refractivity contribution in [1.29, 1.82) is 0 Å². The Morgan fingerprint density at radius 3 is 2.51 bits per heavy atom. The number of benzene rings is 1. The minimum Gasteiger partial charge on any atom is -0.462 e. The molecule has 7 heteroatoms. The number of esters is 1. The number of carbonyl (C=O) groups is 2. The van der Waals surface area contributed by atoms with Crippen LogP contribution in [0.3, 0.4) is 0 Å². The predicted molar refractivity (Wildman–Crippen MR) is 166 cm³/mol. The van der Waals surface area contributed by atoms with Gasteiger partial charge in [0.25, 0.3) is 0 Å². The summed E-state index contributed by atoms with van der Waals surface area (Å²) in [5.74, 6) is 3.41. The van der Waals surface area contributed by atoms with Crippen LogP contribution in [0.1, 0.15) is 72.3 Å². The second kappa shape index (κ2) is 12.6. The Kier molecular flexibility index (Phi) is 9.55. The fourth-order valence-electron chi connectivity index (χ4n) is 6.24. The highest BCUT2D eigenvalue weighted by Crippen LogP contribution is 2.45. The Bertz CT molecular complexity index is 1200. The maximum atomic E-state index is 13.0. The maximum absolute atomic E-state index is 13.0. The smallest absolute Gasteiger partial charge is 0.411 e. The zero-order valence-electron chi connectivity index (χ0n) is 25.7. The van der Waals surface area contributed by atoms with Crippen LogP contribution in [0, 0.1) is 36.0 Å². The lowest BCUT2D eigenvalue weighted by molar-refractivity contribution is -0.160. The van der Waals surface area contributed by atoms with E-state index in [2.05, 4.69) is 77.2 Å². The SMILES string of the molecule is C#Cc1ccc(NC(=O)O[C@@H]2C[C@@H](C)C=C3C=C[C@H](C)[C@H](CC[C@@H]4C[C@@H](O[Si](C)(C)C(C)(C)C)CC(=O)O4)[C@H]32)cc1.